The van der Waals surface area contributed by atoms with E-state index in [4.69, 9.17) is 4.74 Å². The summed E-state index contributed by atoms with van der Waals surface area (Å²) in [5.74, 6) is 0.825. The molecule has 1 saturated carbocycles. The molecule has 7 heteroatoms. The molecule has 1 aromatic carbocycles. The van der Waals surface area contributed by atoms with Crippen LogP contribution in [-0.2, 0) is 6.18 Å². The van der Waals surface area contributed by atoms with E-state index in [1.54, 1.807) is 0 Å². The van der Waals surface area contributed by atoms with Crippen LogP contribution in [0.2, 0.25) is 0 Å². The first kappa shape index (κ1) is 21.0. The van der Waals surface area contributed by atoms with Gasteiger partial charge >= 0.3 is 6.18 Å². The highest BCUT2D eigenvalue weighted by Gasteiger charge is 2.32. The molecule has 4 nitrogen and oxygen atoms in total. The highest BCUT2D eigenvalue weighted by molar-refractivity contribution is 5.89. The summed E-state index contributed by atoms with van der Waals surface area (Å²) in [5, 5.41) is 12.0. The second-order valence-corrected chi connectivity index (χ2v) is 7.48. The van der Waals surface area contributed by atoms with Crippen LogP contribution in [0.15, 0.2) is 41.2 Å². The van der Waals surface area contributed by atoms with Gasteiger partial charge in [-0.05, 0) is 37.0 Å². The van der Waals surface area contributed by atoms with Crippen LogP contribution in [0.25, 0.3) is 5.70 Å². The maximum Gasteiger partial charge on any atom is 0.416 e. The molecule has 0 spiro atoms. The van der Waals surface area contributed by atoms with Gasteiger partial charge in [0.25, 0.3) is 0 Å². The van der Waals surface area contributed by atoms with E-state index in [-0.39, 0.29) is 22.7 Å². The van der Waals surface area contributed by atoms with Gasteiger partial charge < -0.3 is 10.1 Å². The van der Waals surface area contributed by atoms with Gasteiger partial charge in [0, 0.05) is 5.56 Å². The van der Waals surface area contributed by atoms with Crippen molar-refractivity contribution in [2.45, 2.75) is 51.1 Å². The lowest BCUT2D eigenvalue weighted by molar-refractivity contribution is -0.137. The first-order valence-corrected chi connectivity index (χ1v) is 9.86. The van der Waals surface area contributed by atoms with Crippen LogP contribution in [0, 0.1) is 17.2 Å². The van der Waals surface area contributed by atoms with Crippen LogP contribution < -0.4 is 10.1 Å². The lowest BCUT2D eigenvalue weighted by atomic mass is 9.86. The summed E-state index contributed by atoms with van der Waals surface area (Å²) in [7, 11) is 0. The molecule has 1 aliphatic carbocycles. The topological polar surface area (TPSA) is 57.4 Å². The Kier molecular flexibility index (Phi) is 6.63. The van der Waals surface area contributed by atoms with Gasteiger partial charge in [0.1, 0.15) is 23.2 Å². The van der Waals surface area contributed by atoms with Crippen LogP contribution in [0.1, 0.15) is 56.1 Å². The Bertz CT molecular complexity index is 859. The molecule has 0 saturated heterocycles. The van der Waals surface area contributed by atoms with Crippen molar-refractivity contribution < 1.29 is 17.9 Å². The average Bonchev–Trinajstić information content (AvgIpc) is 2.71. The highest BCUT2D eigenvalue weighted by Crippen LogP contribution is 2.36. The summed E-state index contributed by atoms with van der Waals surface area (Å²) in [6.07, 6.45) is 4.98. The van der Waals surface area contributed by atoms with Crippen LogP contribution in [0.3, 0.4) is 0 Å². The predicted octanol–water partition coefficient (Wildman–Crippen LogP) is 5.82. The van der Waals surface area contributed by atoms with Crippen molar-refractivity contribution in [1.29, 1.82) is 5.26 Å². The summed E-state index contributed by atoms with van der Waals surface area (Å²) in [6.45, 7) is 4.01. The van der Waals surface area contributed by atoms with E-state index in [0.717, 1.165) is 25.0 Å². The van der Waals surface area contributed by atoms with Crippen molar-refractivity contribution >= 4 is 11.9 Å². The third kappa shape index (κ3) is 5.63. The van der Waals surface area contributed by atoms with E-state index in [9.17, 15) is 18.4 Å². The van der Waals surface area contributed by atoms with E-state index in [1.807, 2.05) is 6.07 Å². The molecule has 0 atom stereocenters. The number of benzene rings is 1. The molecule has 1 heterocycles. The van der Waals surface area contributed by atoms with Crippen molar-refractivity contribution in [3.63, 3.8) is 0 Å². The fraction of sp³-hybridized carbons (Fsp3) is 0.455. The second kappa shape index (κ2) is 9.17. The number of nitrogens with one attached hydrogen (secondary N) is 1. The molecule has 3 rings (SSSR count). The maximum atomic E-state index is 13.4. The zero-order valence-corrected chi connectivity index (χ0v) is 16.2. The number of allylic oxidation sites excluding steroid dienone is 2. The van der Waals surface area contributed by atoms with Crippen LogP contribution in [0.4, 0.5) is 13.2 Å². The Labute approximate surface area is 168 Å². The number of alkyl halides is 3. The molecule has 29 heavy (non-hydrogen) atoms. The second-order valence-electron chi connectivity index (χ2n) is 7.48. The van der Waals surface area contributed by atoms with Crippen molar-refractivity contribution in [3.8, 4) is 11.8 Å². The Morgan fingerprint density at radius 3 is 2.66 bits per heavy atom. The number of rotatable bonds is 6. The van der Waals surface area contributed by atoms with E-state index < -0.39 is 11.7 Å². The molecular weight excluding hydrogens is 379 g/mol. The van der Waals surface area contributed by atoms with Crippen molar-refractivity contribution in [2.75, 3.05) is 6.61 Å². The number of ether oxygens (including phenoxy) is 1. The lowest BCUT2D eigenvalue weighted by Gasteiger charge is -2.21. The summed E-state index contributed by atoms with van der Waals surface area (Å²) in [4.78, 5) is 4.10. The van der Waals surface area contributed by atoms with E-state index >= 15 is 0 Å². The molecule has 1 aromatic rings. The van der Waals surface area contributed by atoms with Gasteiger partial charge in [-0.2, -0.15) is 18.4 Å². The zero-order valence-electron chi connectivity index (χ0n) is 16.2. The van der Waals surface area contributed by atoms with E-state index in [2.05, 4.69) is 16.9 Å². The minimum atomic E-state index is -4.53. The third-order valence-corrected chi connectivity index (χ3v) is 5.24. The molecule has 1 aliphatic heterocycles. The van der Waals surface area contributed by atoms with Gasteiger partial charge in [-0.25, -0.2) is 0 Å². The van der Waals surface area contributed by atoms with Crippen molar-refractivity contribution in [2.24, 2.45) is 10.9 Å². The number of aliphatic imine (C=N–C) groups is 1. The summed E-state index contributed by atoms with van der Waals surface area (Å²) < 4.78 is 45.8. The number of hydrogen-bond donors (Lipinski definition) is 1. The smallest absolute Gasteiger partial charge is 0.416 e. The van der Waals surface area contributed by atoms with Gasteiger partial charge in [0.15, 0.2) is 0 Å². The van der Waals surface area contributed by atoms with E-state index in [1.165, 1.54) is 44.4 Å². The van der Waals surface area contributed by atoms with Crippen LogP contribution >= 0.6 is 0 Å². The maximum absolute atomic E-state index is 13.4. The molecule has 2 aliphatic rings. The third-order valence-electron chi connectivity index (χ3n) is 5.24. The monoisotopic (exact) mass is 403 g/mol. The fourth-order valence-electron chi connectivity index (χ4n) is 3.78. The lowest BCUT2D eigenvalue weighted by Crippen LogP contribution is -2.17. The highest BCUT2D eigenvalue weighted by atomic mass is 19.4. The van der Waals surface area contributed by atoms with Gasteiger partial charge in [-0.1, -0.05) is 38.7 Å². The van der Waals surface area contributed by atoms with E-state index in [0.29, 0.717) is 18.2 Å². The Morgan fingerprint density at radius 1 is 1.21 bits per heavy atom. The first-order valence-electron chi connectivity index (χ1n) is 9.86. The molecule has 0 unspecified atom stereocenters. The molecule has 0 bridgehead atoms. The minimum Gasteiger partial charge on any atom is -0.494 e. The number of hydrogen-bond acceptors (Lipinski definition) is 4. The number of nitrogens with zero attached hydrogens (tertiary/aromatic N) is 2. The summed E-state index contributed by atoms with van der Waals surface area (Å²) >= 11 is 0. The molecule has 1 fully saturated rings. The first-order chi connectivity index (χ1) is 13.9. The summed E-state index contributed by atoms with van der Waals surface area (Å²) in [6, 6.07) is 5.39. The standard InChI is InChI=1S/C22H24F3N3O/c1-15-14-27-21(20(13-26)28-15)17-10-18(22(23,24)25)12-19(11-17)29-9-5-8-16-6-3-2-4-7-16/h10-12,14,16,28H,1-9H2. The van der Waals surface area contributed by atoms with Gasteiger partial charge in [0.05, 0.1) is 24.1 Å². The van der Waals surface area contributed by atoms with Crippen LogP contribution in [0.5, 0.6) is 5.75 Å². The molecule has 1 N–H and O–H groups in total. The fourth-order valence-corrected chi connectivity index (χ4v) is 3.78. The number of halogens is 3. The average molecular weight is 403 g/mol. The van der Waals surface area contributed by atoms with Crippen molar-refractivity contribution in [1.82, 2.24) is 5.32 Å². The summed E-state index contributed by atoms with van der Waals surface area (Å²) in [5.41, 5.74) is -0.0637. The zero-order chi connectivity index (χ0) is 20.9. The molecule has 0 radical (unpaired) electrons. The Balaban J connectivity index is 1.77. The van der Waals surface area contributed by atoms with Gasteiger partial charge in [-0.15, -0.1) is 0 Å². The number of nitriles is 1. The van der Waals surface area contributed by atoms with Crippen LogP contribution in [-0.4, -0.2) is 12.8 Å². The Hall–Kier alpha value is -2.75. The normalized spacial score (nSPS) is 17.8. The largest absolute Gasteiger partial charge is 0.494 e. The Morgan fingerprint density at radius 2 is 1.97 bits per heavy atom. The SMILES string of the molecule is C=C1C=NC(c2cc(OCCCC3CCCCC3)cc(C(F)(F)F)c2)=C(C#N)N1. The minimum absolute atomic E-state index is 0.0556. The molecule has 0 amide bonds. The molecular formula is C22H24F3N3O. The van der Waals surface area contributed by atoms with Crippen molar-refractivity contribution in [3.05, 3.63) is 47.3 Å². The predicted molar refractivity (Wildman–Crippen MR) is 106 cm³/mol. The molecule has 154 valence electrons. The van der Waals surface area contributed by atoms with Gasteiger partial charge in [0.2, 0.25) is 0 Å². The molecule has 0 aromatic heterocycles. The quantitative estimate of drug-likeness (QED) is 0.609. The van der Waals surface area contributed by atoms with Gasteiger partial charge in [-0.3, -0.25) is 4.99 Å².